The molecular weight excluding hydrogens is 410 g/mol. The van der Waals surface area contributed by atoms with Crippen molar-refractivity contribution < 1.29 is 14.3 Å². The number of hydrogen-bond acceptors (Lipinski definition) is 8. The summed E-state index contributed by atoms with van der Waals surface area (Å²) in [6.07, 6.45) is 4.43. The van der Waals surface area contributed by atoms with Gasteiger partial charge in [-0.25, -0.2) is 0 Å². The number of amides is 2. The van der Waals surface area contributed by atoms with Gasteiger partial charge in [0, 0.05) is 19.2 Å². The number of para-hydroxylation sites is 1. The van der Waals surface area contributed by atoms with Crippen molar-refractivity contribution in [3.05, 3.63) is 29.8 Å². The number of anilines is 2. The molecule has 1 aliphatic carbocycles. The summed E-state index contributed by atoms with van der Waals surface area (Å²) in [7, 11) is 0. The molecule has 1 saturated heterocycles. The van der Waals surface area contributed by atoms with Gasteiger partial charge >= 0.3 is 0 Å². The molecule has 1 aliphatic heterocycles. The number of thioether (sulfide) groups is 1. The number of nitrogens with one attached hydrogen (secondary N) is 3. The Labute approximate surface area is 177 Å². The number of benzene rings is 1. The van der Waals surface area contributed by atoms with Crippen molar-refractivity contribution in [3.8, 4) is 0 Å². The highest BCUT2D eigenvalue weighted by Gasteiger charge is 2.25. The topological polar surface area (TPSA) is 105 Å². The summed E-state index contributed by atoms with van der Waals surface area (Å²) in [5, 5.41) is 18.0. The molecule has 4 rings (SSSR count). The van der Waals surface area contributed by atoms with E-state index in [1.807, 2.05) is 0 Å². The number of carbonyl (C=O) groups excluding carboxylic acids is 2. The Morgan fingerprint density at radius 3 is 2.86 bits per heavy atom. The summed E-state index contributed by atoms with van der Waals surface area (Å²) in [5.74, 6) is -0.147. The normalized spacial score (nSPS) is 18.4. The van der Waals surface area contributed by atoms with E-state index in [-0.39, 0.29) is 29.7 Å². The van der Waals surface area contributed by atoms with Gasteiger partial charge in [-0.3, -0.25) is 9.59 Å². The average Bonchev–Trinajstić information content (AvgIpc) is 3.19. The maximum absolute atomic E-state index is 12.4. The minimum Gasteiger partial charge on any atom is -0.376 e. The van der Waals surface area contributed by atoms with Crippen LogP contribution in [0.3, 0.4) is 0 Å². The van der Waals surface area contributed by atoms with Crippen molar-refractivity contribution >= 4 is 45.7 Å². The molecule has 3 N–H and O–H groups in total. The predicted octanol–water partition coefficient (Wildman–Crippen LogP) is 2.75. The maximum Gasteiger partial charge on any atom is 0.253 e. The number of nitrogens with zero attached hydrogens (tertiary/aromatic N) is 2. The Morgan fingerprint density at radius 1 is 1.21 bits per heavy atom. The van der Waals surface area contributed by atoms with Crippen LogP contribution >= 0.6 is 23.1 Å². The van der Waals surface area contributed by atoms with Crippen molar-refractivity contribution in [2.24, 2.45) is 0 Å². The summed E-state index contributed by atoms with van der Waals surface area (Å²) in [6.45, 7) is 1.55. The van der Waals surface area contributed by atoms with Gasteiger partial charge in [0.2, 0.25) is 11.0 Å². The molecule has 2 aliphatic rings. The van der Waals surface area contributed by atoms with Crippen LogP contribution in [0.4, 0.5) is 10.8 Å². The van der Waals surface area contributed by atoms with E-state index in [1.165, 1.54) is 23.1 Å². The second-order valence-corrected chi connectivity index (χ2v) is 9.22. The van der Waals surface area contributed by atoms with E-state index in [4.69, 9.17) is 4.74 Å². The molecule has 29 heavy (non-hydrogen) atoms. The summed E-state index contributed by atoms with van der Waals surface area (Å²) in [5.41, 5.74) is 1.00. The number of ether oxygens (including phenoxy) is 1. The minimum atomic E-state index is -0.189. The lowest BCUT2D eigenvalue weighted by Gasteiger charge is -2.10. The van der Waals surface area contributed by atoms with Crippen LogP contribution in [-0.2, 0) is 9.53 Å². The SMILES string of the molecule is O=C(CSc1nnc(NC[C@H]2CCCO2)s1)Nc1ccccc1C(=O)NC1CC1. The van der Waals surface area contributed by atoms with Crippen LogP contribution in [0.25, 0.3) is 0 Å². The van der Waals surface area contributed by atoms with Gasteiger partial charge in [0.1, 0.15) is 0 Å². The van der Waals surface area contributed by atoms with Gasteiger partial charge in [-0.05, 0) is 37.8 Å². The molecule has 1 aromatic carbocycles. The highest BCUT2D eigenvalue weighted by molar-refractivity contribution is 8.01. The molecule has 0 bridgehead atoms. The second kappa shape index (κ2) is 9.55. The van der Waals surface area contributed by atoms with Crippen LogP contribution in [0.1, 0.15) is 36.0 Å². The van der Waals surface area contributed by atoms with Gasteiger partial charge in [0.15, 0.2) is 4.34 Å². The number of rotatable bonds is 9. The van der Waals surface area contributed by atoms with Gasteiger partial charge in [-0.1, -0.05) is 35.2 Å². The molecule has 2 fully saturated rings. The fourth-order valence-electron chi connectivity index (χ4n) is 2.94. The standard InChI is InChI=1S/C19H23N5O3S2/c25-16(22-15-6-2-1-5-14(15)17(26)21-12-7-8-12)11-28-19-24-23-18(29-19)20-10-13-4-3-9-27-13/h1-2,5-6,12-13H,3-4,7-11H2,(H,20,23)(H,21,26)(H,22,25)/t13-/m1/s1. The van der Waals surface area contributed by atoms with Crippen LogP contribution in [-0.4, -0.2) is 53.1 Å². The zero-order valence-electron chi connectivity index (χ0n) is 15.8. The number of carbonyl (C=O) groups is 2. The molecule has 0 unspecified atom stereocenters. The molecule has 2 amide bonds. The van der Waals surface area contributed by atoms with Gasteiger partial charge in [0.05, 0.1) is 23.1 Å². The van der Waals surface area contributed by atoms with Crippen LogP contribution in [0.2, 0.25) is 0 Å². The third kappa shape index (κ3) is 5.91. The molecule has 1 aromatic heterocycles. The predicted molar refractivity (Wildman–Crippen MR) is 114 cm³/mol. The van der Waals surface area contributed by atoms with E-state index >= 15 is 0 Å². The Balaban J connectivity index is 1.25. The van der Waals surface area contributed by atoms with E-state index in [9.17, 15) is 9.59 Å². The van der Waals surface area contributed by atoms with Crippen LogP contribution in [0.5, 0.6) is 0 Å². The molecule has 2 heterocycles. The molecule has 2 aromatic rings. The zero-order valence-corrected chi connectivity index (χ0v) is 17.5. The fraction of sp³-hybridized carbons (Fsp3) is 0.474. The summed E-state index contributed by atoms with van der Waals surface area (Å²) in [4.78, 5) is 24.7. The second-order valence-electron chi connectivity index (χ2n) is 7.02. The number of aromatic nitrogens is 2. The molecule has 154 valence electrons. The monoisotopic (exact) mass is 433 g/mol. The molecule has 0 radical (unpaired) electrons. The largest absolute Gasteiger partial charge is 0.376 e. The van der Waals surface area contributed by atoms with E-state index < -0.39 is 0 Å². The quantitative estimate of drug-likeness (QED) is 0.522. The molecule has 10 heteroatoms. The van der Waals surface area contributed by atoms with E-state index in [1.54, 1.807) is 24.3 Å². The van der Waals surface area contributed by atoms with Gasteiger partial charge in [-0.2, -0.15) is 0 Å². The first-order chi connectivity index (χ1) is 14.2. The third-order valence-electron chi connectivity index (χ3n) is 4.60. The molecule has 8 nitrogen and oxygen atoms in total. The Kier molecular flexibility index (Phi) is 6.63. The zero-order chi connectivity index (χ0) is 20.1. The van der Waals surface area contributed by atoms with Crippen molar-refractivity contribution in [3.63, 3.8) is 0 Å². The Morgan fingerprint density at radius 2 is 2.07 bits per heavy atom. The summed E-state index contributed by atoms with van der Waals surface area (Å²) >= 11 is 2.74. The van der Waals surface area contributed by atoms with Gasteiger partial charge in [0.25, 0.3) is 5.91 Å². The first-order valence-electron chi connectivity index (χ1n) is 9.69. The lowest BCUT2D eigenvalue weighted by atomic mass is 10.1. The highest BCUT2D eigenvalue weighted by atomic mass is 32.2. The van der Waals surface area contributed by atoms with Crippen LogP contribution in [0, 0.1) is 0 Å². The minimum absolute atomic E-state index is 0.151. The lowest BCUT2D eigenvalue weighted by Crippen LogP contribution is -2.27. The van der Waals surface area contributed by atoms with Crippen molar-refractivity contribution in [2.75, 3.05) is 29.5 Å². The Bertz CT molecular complexity index is 865. The highest BCUT2D eigenvalue weighted by Crippen LogP contribution is 2.26. The van der Waals surface area contributed by atoms with Crippen molar-refractivity contribution in [2.45, 2.75) is 42.2 Å². The first-order valence-corrected chi connectivity index (χ1v) is 11.5. The van der Waals surface area contributed by atoms with Crippen LogP contribution in [0.15, 0.2) is 28.6 Å². The number of hydrogen-bond donors (Lipinski definition) is 3. The van der Waals surface area contributed by atoms with E-state index in [2.05, 4.69) is 26.1 Å². The smallest absolute Gasteiger partial charge is 0.253 e. The van der Waals surface area contributed by atoms with Crippen molar-refractivity contribution in [1.29, 1.82) is 0 Å². The fourth-order valence-corrected chi connectivity index (χ4v) is 4.50. The average molecular weight is 434 g/mol. The Hall–Kier alpha value is -2.17. The molecule has 1 saturated carbocycles. The van der Waals surface area contributed by atoms with E-state index in [0.717, 1.165) is 48.3 Å². The van der Waals surface area contributed by atoms with Crippen molar-refractivity contribution in [1.82, 2.24) is 15.5 Å². The maximum atomic E-state index is 12.4. The molecular formula is C19H23N5O3S2. The van der Waals surface area contributed by atoms with E-state index in [0.29, 0.717) is 11.3 Å². The van der Waals surface area contributed by atoms with Crippen LogP contribution < -0.4 is 16.0 Å². The first kappa shape index (κ1) is 20.1. The lowest BCUT2D eigenvalue weighted by molar-refractivity contribution is -0.113. The summed E-state index contributed by atoms with van der Waals surface area (Å²) in [6, 6.07) is 7.31. The summed E-state index contributed by atoms with van der Waals surface area (Å²) < 4.78 is 6.29. The van der Waals surface area contributed by atoms with Gasteiger partial charge in [-0.15, -0.1) is 10.2 Å². The third-order valence-corrected chi connectivity index (χ3v) is 6.61. The molecule has 1 atom stereocenters. The van der Waals surface area contributed by atoms with Gasteiger partial charge < -0.3 is 20.7 Å². The molecule has 0 spiro atoms.